The van der Waals surface area contributed by atoms with Crippen molar-refractivity contribution in [2.24, 2.45) is 10.4 Å². The molecule has 1 atom stereocenters. The quantitative estimate of drug-likeness (QED) is 0.582. The molecule has 1 aliphatic rings. The number of hydrogen-bond donors (Lipinski definition) is 2. The van der Waals surface area contributed by atoms with E-state index >= 15 is 0 Å². The monoisotopic (exact) mass is 312 g/mol. The number of likely N-dealkylation sites (tertiary alicyclic amines) is 1. The molecule has 0 spiro atoms. The Labute approximate surface area is 136 Å². The van der Waals surface area contributed by atoms with Gasteiger partial charge in [0.15, 0.2) is 5.96 Å². The molecule has 130 valence electrons. The van der Waals surface area contributed by atoms with Gasteiger partial charge in [-0.1, -0.05) is 33.6 Å². The second-order valence-electron chi connectivity index (χ2n) is 7.23. The Morgan fingerprint density at radius 2 is 1.77 bits per heavy atom. The lowest BCUT2D eigenvalue weighted by Crippen LogP contribution is -2.46. The minimum absolute atomic E-state index is 0.118. The fourth-order valence-corrected chi connectivity index (χ4v) is 2.85. The Bertz CT molecular complexity index is 317. The predicted molar refractivity (Wildman–Crippen MR) is 94.5 cm³/mol. The Morgan fingerprint density at radius 1 is 1.14 bits per heavy atom. The van der Waals surface area contributed by atoms with Gasteiger partial charge in [-0.3, -0.25) is 4.99 Å². The minimum atomic E-state index is 0.118. The molecule has 22 heavy (non-hydrogen) atoms. The zero-order valence-corrected chi connectivity index (χ0v) is 15.2. The number of aliphatic imine (C=N–C) groups is 1. The van der Waals surface area contributed by atoms with E-state index in [9.17, 15) is 0 Å². The number of hydrogen-bond acceptors (Lipinski definition) is 3. The van der Waals surface area contributed by atoms with Crippen molar-refractivity contribution in [1.29, 1.82) is 0 Å². The smallest absolute Gasteiger partial charge is 0.191 e. The third-order valence-corrected chi connectivity index (χ3v) is 4.35. The molecule has 0 amide bonds. The van der Waals surface area contributed by atoms with Crippen LogP contribution in [0.4, 0.5) is 0 Å². The second kappa shape index (κ2) is 10.1. The van der Waals surface area contributed by atoms with Crippen LogP contribution in [0.5, 0.6) is 0 Å². The summed E-state index contributed by atoms with van der Waals surface area (Å²) in [6.07, 6.45) is 5.62. The van der Waals surface area contributed by atoms with E-state index in [1.807, 2.05) is 7.05 Å². The summed E-state index contributed by atoms with van der Waals surface area (Å²) in [6.45, 7) is 11.9. The van der Waals surface area contributed by atoms with Crippen LogP contribution in [0.25, 0.3) is 0 Å². The predicted octanol–water partition coefficient (Wildman–Crippen LogP) is 2.09. The molecule has 0 bridgehead atoms. The Balaban J connectivity index is 2.27. The number of rotatable bonds is 6. The van der Waals surface area contributed by atoms with Crippen molar-refractivity contribution in [1.82, 2.24) is 15.5 Å². The van der Waals surface area contributed by atoms with E-state index in [-0.39, 0.29) is 11.5 Å². The molecule has 1 heterocycles. The maximum atomic E-state index is 5.57. The zero-order chi connectivity index (χ0) is 16.4. The summed E-state index contributed by atoms with van der Waals surface area (Å²) < 4.78 is 5.57. The van der Waals surface area contributed by atoms with Crippen LogP contribution in [0.1, 0.15) is 46.5 Å². The summed E-state index contributed by atoms with van der Waals surface area (Å²) in [5.41, 5.74) is 0.118. The average molecular weight is 313 g/mol. The maximum absolute atomic E-state index is 5.57. The Kier molecular flexibility index (Phi) is 8.79. The van der Waals surface area contributed by atoms with Gasteiger partial charge >= 0.3 is 0 Å². The number of nitrogens with zero attached hydrogens (tertiary/aromatic N) is 2. The van der Waals surface area contributed by atoms with Crippen LogP contribution in [-0.2, 0) is 4.74 Å². The number of guanidine groups is 1. The molecule has 1 saturated heterocycles. The molecule has 0 radical (unpaired) electrons. The topological polar surface area (TPSA) is 48.9 Å². The highest BCUT2D eigenvalue weighted by molar-refractivity contribution is 5.79. The maximum Gasteiger partial charge on any atom is 0.191 e. The molecule has 0 saturated carbocycles. The minimum Gasteiger partial charge on any atom is -0.379 e. The largest absolute Gasteiger partial charge is 0.379 e. The van der Waals surface area contributed by atoms with Crippen LogP contribution >= 0.6 is 0 Å². The van der Waals surface area contributed by atoms with Gasteiger partial charge in [-0.05, 0) is 31.3 Å². The van der Waals surface area contributed by atoms with Crippen LogP contribution in [0.15, 0.2) is 4.99 Å². The van der Waals surface area contributed by atoms with Gasteiger partial charge in [0.2, 0.25) is 0 Å². The lowest BCUT2D eigenvalue weighted by molar-refractivity contribution is 0.0205. The second-order valence-corrected chi connectivity index (χ2v) is 7.23. The van der Waals surface area contributed by atoms with E-state index in [4.69, 9.17) is 4.74 Å². The summed E-state index contributed by atoms with van der Waals surface area (Å²) in [4.78, 5) is 6.85. The fraction of sp³-hybridized carbons (Fsp3) is 0.941. The lowest BCUT2D eigenvalue weighted by Gasteiger charge is -2.30. The first-order chi connectivity index (χ1) is 10.5. The molecule has 1 fully saturated rings. The number of ether oxygens (including phenoxy) is 1. The van der Waals surface area contributed by atoms with Gasteiger partial charge in [0.25, 0.3) is 0 Å². The van der Waals surface area contributed by atoms with Gasteiger partial charge in [0, 0.05) is 33.8 Å². The van der Waals surface area contributed by atoms with Gasteiger partial charge in [0.05, 0.1) is 6.10 Å². The van der Waals surface area contributed by atoms with Crippen molar-refractivity contribution < 1.29 is 4.74 Å². The van der Waals surface area contributed by atoms with E-state index < -0.39 is 0 Å². The van der Waals surface area contributed by atoms with Crippen LogP contribution in [-0.4, -0.2) is 63.8 Å². The molecular formula is C17H36N4O. The molecule has 1 rings (SSSR count). The highest BCUT2D eigenvalue weighted by atomic mass is 16.5. The van der Waals surface area contributed by atoms with E-state index in [2.05, 4.69) is 41.3 Å². The third-order valence-electron chi connectivity index (χ3n) is 4.35. The number of methoxy groups -OCH3 is 1. The molecule has 0 aromatic heterocycles. The normalized spacial score (nSPS) is 19.6. The fourth-order valence-electron chi connectivity index (χ4n) is 2.85. The van der Waals surface area contributed by atoms with Crippen molar-refractivity contribution in [2.75, 3.05) is 46.9 Å². The molecule has 1 aliphatic heterocycles. The standard InChI is InChI=1S/C17H36N4O/c1-17(2,3)15(22-5)14-20-16(18-4)19-10-13-21-11-8-6-7-9-12-21/h15H,6-14H2,1-5H3,(H2,18,19,20). The molecule has 0 aromatic carbocycles. The average Bonchev–Trinajstić information content (AvgIpc) is 2.73. The summed E-state index contributed by atoms with van der Waals surface area (Å²) in [7, 11) is 3.59. The first kappa shape index (κ1) is 19.2. The van der Waals surface area contributed by atoms with Gasteiger partial charge in [0.1, 0.15) is 0 Å². The summed E-state index contributed by atoms with van der Waals surface area (Å²) in [5, 5.41) is 6.78. The van der Waals surface area contributed by atoms with Crippen molar-refractivity contribution in [3.8, 4) is 0 Å². The molecule has 0 aromatic rings. The van der Waals surface area contributed by atoms with Gasteiger partial charge in [-0.15, -0.1) is 0 Å². The SMILES string of the molecule is CN=C(NCCN1CCCCCC1)NCC(OC)C(C)(C)C. The summed E-state index contributed by atoms with van der Waals surface area (Å²) in [6, 6.07) is 0. The van der Waals surface area contributed by atoms with E-state index in [0.29, 0.717) is 0 Å². The first-order valence-corrected chi connectivity index (χ1v) is 8.67. The molecule has 0 aliphatic carbocycles. The van der Waals surface area contributed by atoms with E-state index in [0.717, 1.165) is 25.6 Å². The molecule has 1 unspecified atom stereocenters. The van der Waals surface area contributed by atoms with Crippen molar-refractivity contribution in [3.63, 3.8) is 0 Å². The van der Waals surface area contributed by atoms with E-state index in [1.165, 1.54) is 38.8 Å². The highest BCUT2D eigenvalue weighted by Crippen LogP contribution is 2.20. The van der Waals surface area contributed by atoms with Crippen molar-refractivity contribution in [2.45, 2.75) is 52.6 Å². The van der Waals surface area contributed by atoms with Gasteiger partial charge in [-0.25, -0.2) is 0 Å². The molecule has 5 nitrogen and oxygen atoms in total. The first-order valence-electron chi connectivity index (χ1n) is 8.67. The van der Waals surface area contributed by atoms with Crippen LogP contribution in [0, 0.1) is 5.41 Å². The van der Waals surface area contributed by atoms with Gasteiger partial charge < -0.3 is 20.3 Å². The third kappa shape index (κ3) is 7.45. The molecule has 2 N–H and O–H groups in total. The Hall–Kier alpha value is -0.810. The van der Waals surface area contributed by atoms with Crippen molar-refractivity contribution in [3.05, 3.63) is 0 Å². The van der Waals surface area contributed by atoms with Crippen LogP contribution in [0.2, 0.25) is 0 Å². The summed E-state index contributed by atoms with van der Waals surface area (Å²) >= 11 is 0. The van der Waals surface area contributed by atoms with Crippen LogP contribution < -0.4 is 10.6 Å². The van der Waals surface area contributed by atoms with E-state index in [1.54, 1.807) is 7.11 Å². The number of nitrogens with one attached hydrogen (secondary N) is 2. The van der Waals surface area contributed by atoms with Gasteiger partial charge in [-0.2, -0.15) is 0 Å². The highest BCUT2D eigenvalue weighted by Gasteiger charge is 2.24. The lowest BCUT2D eigenvalue weighted by atomic mass is 9.89. The molecular weight excluding hydrogens is 276 g/mol. The zero-order valence-electron chi connectivity index (χ0n) is 15.2. The van der Waals surface area contributed by atoms with Crippen LogP contribution in [0.3, 0.4) is 0 Å². The van der Waals surface area contributed by atoms with Crippen molar-refractivity contribution >= 4 is 5.96 Å². The summed E-state index contributed by atoms with van der Waals surface area (Å²) in [5.74, 6) is 0.862. The molecule has 5 heteroatoms. The Morgan fingerprint density at radius 3 is 2.27 bits per heavy atom.